The van der Waals surface area contributed by atoms with Crippen molar-refractivity contribution in [3.05, 3.63) is 46.4 Å². The van der Waals surface area contributed by atoms with Gasteiger partial charge >= 0.3 is 0 Å². The monoisotopic (exact) mass is 262 g/mol. The first kappa shape index (κ1) is 13.1. The van der Waals surface area contributed by atoms with Crippen molar-refractivity contribution >= 4 is 11.3 Å². The van der Waals surface area contributed by atoms with Crippen LogP contribution in [0.15, 0.2) is 35.8 Å². The van der Waals surface area contributed by atoms with Crippen LogP contribution in [0.4, 0.5) is 0 Å². The Hall–Kier alpha value is -1.39. The Balaban J connectivity index is 1.87. The van der Waals surface area contributed by atoms with Crippen molar-refractivity contribution in [1.82, 2.24) is 4.98 Å². The van der Waals surface area contributed by atoms with Crippen LogP contribution in [0.1, 0.15) is 23.9 Å². The first-order valence-electron chi connectivity index (χ1n) is 6.13. The zero-order chi connectivity index (χ0) is 12.8. The largest absolute Gasteiger partial charge is 0.486 e. The van der Waals surface area contributed by atoms with Gasteiger partial charge in [0.05, 0.1) is 0 Å². The molecule has 0 aliphatic rings. The summed E-state index contributed by atoms with van der Waals surface area (Å²) in [6.07, 6.45) is 3.71. The predicted molar refractivity (Wildman–Crippen MR) is 74.9 cm³/mol. The van der Waals surface area contributed by atoms with Crippen molar-refractivity contribution < 1.29 is 4.74 Å². The van der Waals surface area contributed by atoms with E-state index in [1.807, 2.05) is 17.5 Å². The Morgan fingerprint density at radius 3 is 2.72 bits per heavy atom. The van der Waals surface area contributed by atoms with E-state index in [0.29, 0.717) is 6.61 Å². The van der Waals surface area contributed by atoms with Gasteiger partial charge in [-0.2, -0.15) is 0 Å². The molecule has 1 heterocycles. The van der Waals surface area contributed by atoms with E-state index in [1.54, 1.807) is 17.5 Å². The summed E-state index contributed by atoms with van der Waals surface area (Å²) in [6, 6.07) is 8.38. The van der Waals surface area contributed by atoms with Crippen molar-refractivity contribution in [2.75, 3.05) is 0 Å². The molecule has 2 N–H and O–H groups in total. The van der Waals surface area contributed by atoms with Gasteiger partial charge in [0.25, 0.3) is 0 Å². The van der Waals surface area contributed by atoms with E-state index in [2.05, 4.69) is 24.0 Å². The van der Waals surface area contributed by atoms with Gasteiger partial charge < -0.3 is 10.5 Å². The normalized spacial score (nSPS) is 12.3. The topological polar surface area (TPSA) is 48.1 Å². The van der Waals surface area contributed by atoms with E-state index in [0.717, 1.165) is 23.6 Å². The molecule has 96 valence electrons. The highest BCUT2D eigenvalue weighted by Crippen LogP contribution is 2.16. The molecule has 18 heavy (non-hydrogen) atoms. The molecule has 0 aliphatic heterocycles. The molecule has 1 aromatic heterocycles. The molecule has 2 aromatic rings. The molecule has 1 unspecified atom stereocenters. The molecular weight excluding hydrogens is 244 g/mol. The molecule has 0 fully saturated rings. The highest BCUT2D eigenvalue weighted by Gasteiger charge is 2.02. The van der Waals surface area contributed by atoms with Crippen LogP contribution >= 0.6 is 11.3 Å². The standard InChI is InChI=1S/C14H18N2OS/c1-2-12(15)9-11-3-5-13(6-4-11)17-10-14-16-7-8-18-14/h3-8,12H,2,9-10,15H2,1H3. The van der Waals surface area contributed by atoms with Crippen LogP contribution < -0.4 is 10.5 Å². The average molecular weight is 262 g/mol. The molecule has 0 saturated heterocycles. The number of nitrogens with two attached hydrogens (primary N) is 1. The number of thiazole rings is 1. The van der Waals surface area contributed by atoms with Crippen molar-refractivity contribution in [1.29, 1.82) is 0 Å². The number of ether oxygens (including phenoxy) is 1. The molecule has 1 aromatic carbocycles. The number of hydrogen-bond acceptors (Lipinski definition) is 4. The quantitative estimate of drug-likeness (QED) is 0.870. The Labute approximate surface area is 112 Å². The van der Waals surface area contributed by atoms with Gasteiger partial charge in [0.1, 0.15) is 17.4 Å². The molecule has 1 atom stereocenters. The zero-order valence-electron chi connectivity index (χ0n) is 10.5. The fraction of sp³-hybridized carbons (Fsp3) is 0.357. The van der Waals surface area contributed by atoms with Crippen LogP contribution in [0.3, 0.4) is 0 Å². The van der Waals surface area contributed by atoms with Crippen LogP contribution in [0.25, 0.3) is 0 Å². The van der Waals surface area contributed by atoms with Crippen LogP contribution in [0.5, 0.6) is 5.75 Å². The Morgan fingerprint density at radius 2 is 2.11 bits per heavy atom. The average Bonchev–Trinajstić information content (AvgIpc) is 2.91. The van der Waals surface area contributed by atoms with Crippen molar-refractivity contribution in [2.24, 2.45) is 5.73 Å². The van der Waals surface area contributed by atoms with Crippen molar-refractivity contribution in [2.45, 2.75) is 32.4 Å². The lowest BCUT2D eigenvalue weighted by Crippen LogP contribution is -2.21. The third kappa shape index (κ3) is 3.82. The molecule has 3 nitrogen and oxygen atoms in total. The first-order valence-corrected chi connectivity index (χ1v) is 7.01. The second-order valence-electron chi connectivity index (χ2n) is 4.23. The summed E-state index contributed by atoms with van der Waals surface area (Å²) in [7, 11) is 0. The van der Waals surface area contributed by atoms with E-state index >= 15 is 0 Å². The molecular formula is C14H18N2OS. The van der Waals surface area contributed by atoms with Gasteiger partial charge in [-0.05, 0) is 30.5 Å². The van der Waals surface area contributed by atoms with Crippen molar-refractivity contribution in [3.8, 4) is 5.75 Å². The van der Waals surface area contributed by atoms with Gasteiger partial charge in [0.2, 0.25) is 0 Å². The molecule has 0 radical (unpaired) electrons. The number of aromatic nitrogens is 1. The molecule has 0 saturated carbocycles. The lowest BCUT2D eigenvalue weighted by Gasteiger charge is -2.09. The van der Waals surface area contributed by atoms with Crippen LogP contribution in [0.2, 0.25) is 0 Å². The molecule has 4 heteroatoms. The molecule has 0 amide bonds. The van der Waals surface area contributed by atoms with E-state index in [9.17, 15) is 0 Å². The number of benzene rings is 1. The first-order chi connectivity index (χ1) is 8.78. The SMILES string of the molecule is CCC(N)Cc1ccc(OCc2nccs2)cc1. The zero-order valence-corrected chi connectivity index (χ0v) is 11.3. The molecule has 0 bridgehead atoms. The Kier molecular flexibility index (Phi) is 4.73. The summed E-state index contributed by atoms with van der Waals surface area (Å²) in [5, 5.41) is 2.94. The minimum Gasteiger partial charge on any atom is -0.486 e. The summed E-state index contributed by atoms with van der Waals surface area (Å²) < 4.78 is 5.65. The van der Waals surface area contributed by atoms with Gasteiger partial charge in [-0.3, -0.25) is 0 Å². The van der Waals surface area contributed by atoms with Crippen molar-refractivity contribution in [3.63, 3.8) is 0 Å². The second kappa shape index (κ2) is 6.52. The fourth-order valence-electron chi connectivity index (χ4n) is 1.64. The third-order valence-corrected chi connectivity index (χ3v) is 3.54. The number of hydrogen-bond donors (Lipinski definition) is 1. The van der Waals surface area contributed by atoms with Gasteiger partial charge in [-0.1, -0.05) is 19.1 Å². The van der Waals surface area contributed by atoms with E-state index < -0.39 is 0 Å². The maximum atomic E-state index is 5.93. The Morgan fingerprint density at radius 1 is 1.33 bits per heavy atom. The van der Waals surface area contributed by atoms with E-state index in [1.165, 1.54) is 5.56 Å². The number of rotatable bonds is 6. The maximum Gasteiger partial charge on any atom is 0.140 e. The Bertz CT molecular complexity index is 453. The number of nitrogens with zero attached hydrogens (tertiary/aromatic N) is 1. The molecule has 0 aliphatic carbocycles. The highest BCUT2D eigenvalue weighted by molar-refractivity contribution is 7.09. The fourth-order valence-corrected chi connectivity index (χ4v) is 2.17. The minimum atomic E-state index is 0.243. The lowest BCUT2D eigenvalue weighted by molar-refractivity contribution is 0.305. The summed E-state index contributed by atoms with van der Waals surface area (Å²) in [6.45, 7) is 2.64. The van der Waals surface area contributed by atoms with Crippen LogP contribution in [-0.2, 0) is 13.0 Å². The van der Waals surface area contributed by atoms with Gasteiger partial charge in [-0.15, -0.1) is 11.3 Å². The summed E-state index contributed by atoms with van der Waals surface area (Å²) in [5.41, 5.74) is 7.18. The van der Waals surface area contributed by atoms with Crippen LogP contribution in [0, 0.1) is 0 Å². The third-order valence-electron chi connectivity index (χ3n) is 2.79. The molecule has 2 rings (SSSR count). The summed E-state index contributed by atoms with van der Waals surface area (Å²) in [4.78, 5) is 4.18. The maximum absolute atomic E-state index is 5.93. The van der Waals surface area contributed by atoms with E-state index in [-0.39, 0.29) is 6.04 Å². The minimum absolute atomic E-state index is 0.243. The van der Waals surface area contributed by atoms with Crippen LogP contribution in [-0.4, -0.2) is 11.0 Å². The van der Waals surface area contributed by atoms with Gasteiger partial charge in [0, 0.05) is 17.6 Å². The predicted octanol–water partition coefficient (Wildman–Crippen LogP) is 3.00. The highest BCUT2D eigenvalue weighted by atomic mass is 32.1. The smallest absolute Gasteiger partial charge is 0.140 e. The second-order valence-corrected chi connectivity index (χ2v) is 5.21. The molecule has 0 spiro atoms. The summed E-state index contributed by atoms with van der Waals surface area (Å²) >= 11 is 1.60. The lowest BCUT2D eigenvalue weighted by atomic mass is 10.0. The van der Waals surface area contributed by atoms with Gasteiger partial charge in [-0.25, -0.2) is 4.98 Å². The van der Waals surface area contributed by atoms with Gasteiger partial charge in [0.15, 0.2) is 0 Å². The summed E-state index contributed by atoms with van der Waals surface area (Å²) in [5.74, 6) is 0.874. The van der Waals surface area contributed by atoms with E-state index in [4.69, 9.17) is 10.5 Å².